The first-order valence-corrected chi connectivity index (χ1v) is 7.00. The van der Waals surface area contributed by atoms with Gasteiger partial charge in [0.05, 0.1) is 0 Å². The van der Waals surface area contributed by atoms with Crippen molar-refractivity contribution < 1.29 is 4.79 Å². The molecule has 0 atom stereocenters. The third-order valence-electron chi connectivity index (χ3n) is 2.75. The van der Waals surface area contributed by atoms with Crippen LogP contribution >= 0.6 is 0 Å². The van der Waals surface area contributed by atoms with Gasteiger partial charge in [-0.3, -0.25) is 4.79 Å². The van der Waals surface area contributed by atoms with E-state index in [4.69, 9.17) is 0 Å². The Balaban J connectivity index is 0.000000240. The number of anilines is 1. The summed E-state index contributed by atoms with van der Waals surface area (Å²) in [4.78, 5) is 11.2. The Bertz CT molecular complexity index is 503. The van der Waals surface area contributed by atoms with Crippen LogP contribution in [0, 0.1) is 13.8 Å². The zero-order valence-electron chi connectivity index (χ0n) is 12.5. The molecular weight excluding hydrogens is 246 g/mol. The molecule has 0 aromatic heterocycles. The molecule has 2 heteroatoms. The van der Waals surface area contributed by atoms with E-state index in [1.54, 1.807) is 0 Å². The third-order valence-corrected chi connectivity index (χ3v) is 2.75. The molecule has 0 unspecified atom stereocenters. The Hall–Kier alpha value is -2.09. The van der Waals surface area contributed by atoms with Crippen LogP contribution in [-0.2, 0) is 4.79 Å². The summed E-state index contributed by atoms with van der Waals surface area (Å²) in [5.74, 6) is 0.0892. The minimum Gasteiger partial charge on any atom is -0.326 e. The maximum absolute atomic E-state index is 11.2. The predicted octanol–water partition coefficient (Wildman–Crippen LogP) is 4.73. The van der Waals surface area contributed by atoms with Crippen LogP contribution < -0.4 is 5.32 Å². The molecular formula is C18H23NO. The van der Waals surface area contributed by atoms with E-state index in [0.717, 1.165) is 12.1 Å². The van der Waals surface area contributed by atoms with Crippen molar-refractivity contribution in [2.24, 2.45) is 0 Å². The summed E-state index contributed by atoms with van der Waals surface area (Å²) in [5, 5.41) is 2.83. The highest BCUT2D eigenvalue weighted by molar-refractivity contribution is 5.90. The predicted molar refractivity (Wildman–Crippen MR) is 85.9 cm³/mol. The number of hydrogen-bond donors (Lipinski definition) is 1. The topological polar surface area (TPSA) is 29.1 Å². The van der Waals surface area contributed by atoms with Gasteiger partial charge in [-0.15, -0.1) is 0 Å². The van der Waals surface area contributed by atoms with Gasteiger partial charge < -0.3 is 5.32 Å². The summed E-state index contributed by atoms with van der Waals surface area (Å²) in [6.07, 6.45) is 1.48. The van der Waals surface area contributed by atoms with Crippen LogP contribution in [0.1, 0.15) is 30.9 Å². The van der Waals surface area contributed by atoms with E-state index in [1.165, 1.54) is 11.1 Å². The Morgan fingerprint density at radius 1 is 0.900 bits per heavy atom. The van der Waals surface area contributed by atoms with Crippen molar-refractivity contribution in [1.29, 1.82) is 0 Å². The number of hydrogen-bond acceptors (Lipinski definition) is 1. The molecule has 0 saturated carbocycles. The molecule has 1 amide bonds. The largest absolute Gasteiger partial charge is 0.326 e. The lowest BCUT2D eigenvalue weighted by Crippen LogP contribution is -2.10. The first-order valence-electron chi connectivity index (χ1n) is 7.00. The fourth-order valence-corrected chi connectivity index (χ4v) is 1.62. The zero-order valence-corrected chi connectivity index (χ0v) is 12.5. The van der Waals surface area contributed by atoms with Crippen LogP contribution in [0.25, 0.3) is 0 Å². The van der Waals surface area contributed by atoms with Gasteiger partial charge in [-0.05, 0) is 32.4 Å². The Kier molecular flexibility index (Phi) is 7.12. The average molecular weight is 269 g/mol. The summed E-state index contributed by atoms with van der Waals surface area (Å²) >= 11 is 0. The summed E-state index contributed by atoms with van der Waals surface area (Å²) in [6, 6.07) is 18.1. The smallest absolute Gasteiger partial charge is 0.224 e. The fraction of sp³-hybridized carbons (Fsp3) is 0.278. The number of amides is 1. The molecule has 20 heavy (non-hydrogen) atoms. The van der Waals surface area contributed by atoms with E-state index >= 15 is 0 Å². The van der Waals surface area contributed by atoms with E-state index in [0.29, 0.717) is 6.42 Å². The Labute approximate surface area is 121 Å². The van der Waals surface area contributed by atoms with Gasteiger partial charge in [0.1, 0.15) is 0 Å². The number of rotatable bonds is 3. The van der Waals surface area contributed by atoms with E-state index < -0.39 is 0 Å². The van der Waals surface area contributed by atoms with Crippen molar-refractivity contribution in [2.75, 3.05) is 5.32 Å². The van der Waals surface area contributed by atoms with Crippen LogP contribution in [0.5, 0.6) is 0 Å². The molecule has 0 aliphatic rings. The molecule has 0 bridgehead atoms. The lowest BCUT2D eigenvalue weighted by Gasteiger charge is -2.03. The lowest BCUT2D eigenvalue weighted by molar-refractivity contribution is -0.116. The highest BCUT2D eigenvalue weighted by Crippen LogP contribution is 2.08. The Morgan fingerprint density at radius 2 is 1.45 bits per heavy atom. The monoisotopic (exact) mass is 269 g/mol. The molecule has 0 radical (unpaired) electrons. The van der Waals surface area contributed by atoms with E-state index in [9.17, 15) is 4.79 Å². The molecule has 0 heterocycles. The summed E-state index contributed by atoms with van der Waals surface area (Å²) in [5.41, 5.74) is 3.40. The molecule has 0 aliphatic carbocycles. The molecule has 0 saturated heterocycles. The second kappa shape index (κ2) is 8.92. The van der Waals surface area contributed by atoms with Gasteiger partial charge in [0, 0.05) is 12.1 Å². The number of carbonyl (C=O) groups excluding carboxylic acids is 1. The normalized spacial score (nSPS) is 9.35. The van der Waals surface area contributed by atoms with Crippen LogP contribution in [0.4, 0.5) is 5.69 Å². The first-order chi connectivity index (χ1) is 9.61. The van der Waals surface area contributed by atoms with Crippen molar-refractivity contribution >= 4 is 11.6 Å². The zero-order chi connectivity index (χ0) is 14.8. The van der Waals surface area contributed by atoms with Crippen LogP contribution in [-0.4, -0.2) is 5.91 Å². The summed E-state index contributed by atoms with van der Waals surface area (Å²) in [7, 11) is 0. The standard InChI is InChI=1S/C11H15NO.C7H8/c1-3-4-11(13)12-10-7-5-9(2)6-8-10;1-7-5-3-2-4-6-7/h5-8H,3-4H2,1-2H3,(H,12,13);2-6H,1H3. The van der Waals surface area contributed by atoms with Crippen LogP contribution in [0.3, 0.4) is 0 Å². The van der Waals surface area contributed by atoms with Crippen molar-refractivity contribution in [3.8, 4) is 0 Å². The molecule has 2 aromatic carbocycles. The van der Waals surface area contributed by atoms with Crippen LogP contribution in [0.2, 0.25) is 0 Å². The number of carbonyl (C=O) groups is 1. The van der Waals surface area contributed by atoms with Gasteiger partial charge in [0.2, 0.25) is 5.91 Å². The third kappa shape index (κ3) is 6.74. The summed E-state index contributed by atoms with van der Waals surface area (Å²) < 4.78 is 0. The maximum atomic E-state index is 11.2. The lowest BCUT2D eigenvalue weighted by atomic mass is 10.2. The minimum absolute atomic E-state index is 0.0892. The second-order valence-corrected chi connectivity index (χ2v) is 4.82. The molecule has 1 N–H and O–H groups in total. The molecule has 0 fully saturated rings. The highest BCUT2D eigenvalue weighted by atomic mass is 16.1. The molecule has 2 rings (SSSR count). The maximum Gasteiger partial charge on any atom is 0.224 e. The highest BCUT2D eigenvalue weighted by Gasteiger charge is 1.98. The van der Waals surface area contributed by atoms with Gasteiger partial charge in [-0.1, -0.05) is 60.5 Å². The van der Waals surface area contributed by atoms with Crippen molar-refractivity contribution in [3.63, 3.8) is 0 Å². The van der Waals surface area contributed by atoms with Gasteiger partial charge >= 0.3 is 0 Å². The minimum atomic E-state index is 0.0892. The average Bonchev–Trinajstić information content (AvgIpc) is 2.43. The van der Waals surface area contributed by atoms with Crippen molar-refractivity contribution in [3.05, 3.63) is 65.7 Å². The number of aryl methyl sites for hydroxylation is 2. The summed E-state index contributed by atoms with van der Waals surface area (Å²) in [6.45, 7) is 6.10. The van der Waals surface area contributed by atoms with E-state index in [2.05, 4.69) is 24.4 Å². The molecule has 2 aromatic rings. The van der Waals surface area contributed by atoms with Gasteiger partial charge in [0.25, 0.3) is 0 Å². The molecule has 0 spiro atoms. The van der Waals surface area contributed by atoms with Crippen LogP contribution in [0.15, 0.2) is 54.6 Å². The molecule has 2 nitrogen and oxygen atoms in total. The number of nitrogens with one attached hydrogen (secondary N) is 1. The number of benzene rings is 2. The van der Waals surface area contributed by atoms with Gasteiger partial charge in [-0.25, -0.2) is 0 Å². The van der Waals surface area contributed by atoms with Gasteiger partial charge in [0.15, 0.2) is 0 Å². The fourth-order valence-electron chi connectivity index (χ4n) is 1.62. The SMILES string of the molecule is CCCC(=O)Nc1ccc(C)cc1.Cc1ccccc1. The van der Waals surface area contributed by atoms with Crippen molar-refractivity contribution in [1.82, 2.24) is 0 Å². The van der Waals surface area contributed by atoms with E-state index in [-0.39, 0.29) is 5.91 Å². The Morgan fingerprint density at radius 3 is 1.90 bits per heavy atom. The van der Waals surface area contributed by atoms with E-state index in [1.807, 2.05) is 56.3 Å². The molecule has 106 valence electrons. The van der Waals surface area contributed by atoms with Gasteiger partial charge in [-0.2, -0.15) is 0 Å². The quantitative estimate of drug-likeness (QED) is 0.857. The molecule has 0 aliphatic heterocycles. The second-order valence-electron chi connectivity index (χ2n) is 4.82. The first kappa shape index (κ1) is 16.0. The van der Waals surface area contributed by atoms with Crippen molar-refractivity contribution in [2.45, 2.75) is 33.6 Å².